The molecule has 2 fully saturated rings. The molecule has 0 aliphatic heterocycles. The van der Waals surface area contributed by atoms with Gasteiger partial charge in [0.25, 0.3) is 0 Å². The van der Waals surface area contributed by atoms with Crippen LogP contribution in [0, 0.1) is 17.3 Å². The smallest absolute Gasteiger partial charge is 0.226 e. The van der Waals surface area contributed by atoms with Gasteiger partial charge in [0.1, 0.15) is 0 Å². The molecule has 2 saturated carbocycles. The van der Waals surface area contributed by atoms with E-state index in [1.807, 2.05) is 11.9 Å². The second-order valence-corrected chi connectivity index (χ2v) is 6.94. The Hall–Kier alpha value is -0.570. The van der Waals surface area contributed by atoms with Crippen LogP contribution in [0.1, 0.15) is 52.9 Å². The summed E-state index contributed by atoms with van der Waals surface area (Å²) >= 11 is 0. The molecule has 3 atom stereocenters. The highest BCUT2D eigenvalue weighted by atomic mass is 16.2. The SMILES string of the molecule is CC1C(N)CCC(C(=O)N(C)C2CCC2)C1(C)C. The van der Waals surface area contributed by atoms with Crippen molar-refractivity contribution in [1.82, 2.24) is 4.90 Å². The zero-order valence-electron chi connectivity index (χ0n) is 12.3. The summed E-state index contributed by atoms with van der Waals surface area (Å²) in [6.07, 6.45) is 5.58. The van der Waals surface area contributed by atoms with Crippen LogP contribution in [0.3, 0.4) is 0 Å². The minimum absolute atomic E-state index is 0.0206. The lowest BCUT2D eigenvalue weighted by Gasteiger charge is -2.48. The number of hydrogen-bond acceptors (Lipinski definition) is 2. The lowest BCUT2D eigenvalue weighted by Crippen LogP contribution is -2.54. The number of nitrogens with two attached hydrogens (primary N) is 1. The number of rotatable bonds is 2. The van der Waals surface area contributed by atoms with Crippen LogP contribution in [0.5, 0.6) is 0 Å². The molecule has 0 radical (unpaired) electrons. The third-order valence-corrected chi connectivity index (χ3v) is 5.77. The number of carbonyl (C=O) groups excluding carboxylic acids is 1. The van der Waals surface area contributed by atoms with Gasteiger partial charge in [-0.25, -0.2) is 0 Å². The Balaban J connectivity index is 2.09. The van der Waals surface area contributed by atoms with E-state index in [1.165, 1.54) is 19.3 Å². The minimum Gasteiger partial charge on any atom is -0.343 e. The monoisotopic (exact) mass is 252 g/mol. The molecule has 2 rings (SSSR count). The highest BCUT2D eigenvalue weighted by Crippen LogP contribution is 2.45. The van der Waals surface area contributed by atoms with Crippen LogP contribution in [-0.2, 0) is 4.79 Å². The molecule has 2 aliphatic carbocycles. The number of hydrogen-bond donors (Lipinski definition) is 1. The standard InChI is InChI=1S/C15H28N2O/c1-10-13(16)9-8-12(15(10,2)3)14(18)17(4)11-6-5-7-11/h10-13H,5-9,16H2,1-4H3. The Kier molecular flexibility index (Phi) is 3.72. The van der Waals surface area contributed by atoms with E-state index in [2.05, 4.69) is 20.8 Å². The predicted octanol–water partition coefficient (Wildman–Crippen LogP) is 2.40. The first-order valence-electron chi connectivity index (χ1n) is 7.38. The topological polar surface area (TPSA) is 46.3 Å². The third-order valence-electron chi connectivity index (χ3n) is 5.77. The molecule has 0 aromatic rings. The van der Waals surface area contributed by atoms with E-state index in [9.17, 15) is 4.79 Å². The molecule has 0 heterocycles. The predicted molar refractivity (Wildman–Crippen MR) is 74.1 cm³/mol. The molecule has 0 saturated heterocycles. The molecule has 2 N–H and O–H groups in total. The van der Waals surface area contributed by atoms with Crippen LogP contribution in [0.2, 0.25) is 0 Å². The summed E-state index contributed by atoms with van der Waals surface area (Å²) in [5.74, 6) is 0.913. The Morgan fingerprint density at radius 1 is 1.22 bits per heavy atom. The van der Waals surface area contributed by atoms with Crippen molar-refractivity contribution in [3.05, 3.63) is 0 Å². The molecule has 0 bridgehead atoms. The molecule has 0 aromatic heterocycles. The first-order chi connectivity index (χ1) is 8.35. The van der Waals surface area contributed by atoms with Gasteiger partial charge in [-0.05, 0) is 43.4 Å². The molecule has 1 amide bonds. The minimum atomic E-state index is 0.0206. The normalized spacial score (nSPS) is 35.9. The average molecular weight is 252 g/mol. The fraction of sp³-hybridized carbons (Fsp3) is 0.933. The molecule has 2 aliphatic rings. The van der Waals surface area contributed by atoms with Crippen LogP contribution >= 0.6 is 0 Å². The Labute approximate surface area is 111 Å². The van der Waals surface area contributed by atoms with Crippen LogP contribution in [-0.4, -0.2) is 29.9 Å². The van der Waals surface area contributed by atoms with Crippen molar-refractivity contribution in [2.45, 2.75) is 65.0 Å². The number of nitrogens with zero attached hydrogens (tertiary/aromatic N) is 1. The van der Waals surface area contributed by atoms with Crippen LogP contribution < -0.4 is 5.73 Å². The summed E-state index contributed by atoms with van der Waals surface area (Å²) in [7, 11) is 1.99. The molecule has 3 unspecified atom stereocenters. The van der Waals surface area contributed by atoms with Crippen molar-refractivity contribution in [3.63, 3.8) is 0 Å². The average Bonchev–Trinajstić information content (AvgIpc) is 2.23. The maximum absolute atomic E-state index is 12.7. The first-order valence-corrected chi connectivity index (χ1v) is 7.38. The lowest BCUT2D eigenvalue weighted by atomic mass is 9.60. The highest BCUT2D eigenvalue weighted by molar-refractivity contribution is 5.80. The van der Waals surface area contributed by atoms with Gasteiger partial charge in [-0.15, -0.1) is 0 Å². The molecular weight excluding hydrogens is 224 g/mol. The largest absolute Gasteiger partial charge is 0.343 e. The first kappa shape index (κ1) is 13.9. The zero-order valence-corrected chi connectivity index (χ0v) is 12.3. The van der Waals surface area contributed by atoms with Gasteiger partial charge in [-0.1, -0.05) is 20.8 Å². The van der Waals surface area contributed by atoms with E-state index in [0.717, 1.165) is 12.8 Å². The van der Waals surface area contributed by atoms with Crippen molar-refractivity contribution in [3.8, 4) is 0 Å². The van der Waals surface area contributed by atoms with Gasteiger partial charge < -0.3 is 10.6 Å². The van der Waals surface area contributed by atoms with Crippen LogP contribution in [0.25, 0.3) is 0 Å². The van der Waals surface area contributed by atoms with Gasteiger partial charge >= 0.3 is 0 Å². The maximum Gasteiger partial charge on any atom is 0.226 e. The molecular formula is C15H28N2O. The fourth-order valence-electron chi connectivity index (χ4n) is 3.49. The van der Waals surface area contributed by atoms with Gasteiger partial charge in [-0.2, -0.15) is 0 Å². The van der Waals surface area contributed by atoms with E-state index in [4.69, 9.17) is 5.73 Å². The molecule has 3 heteroatoms. The number of carbonyl (C=O) groups is 1. The second kappa shape index (κ2) is 4.84. The van der Waals surface area contributed by atoms with E-state index >= 15 is 0 Å². The highest BCUT2D eigenvalue weighted by Gasteiger charge is 2.46. The maximum atomic E-state index is 12.7. The van der Waals surface area contributed by atoms with E-state index < -0.39 is 0 Å². The Morgan fingerprint density at radius 3 is 2.33 bits per heavy atom. The van der Waals surface area contributed by atoms with Crippen LogP contribution in [0.15, 0.2) is 0 Å². The van der Waals surface area contributed by atoms with E-state index in [1.54, 1.807) is 0 Å². The molecule has 104 valence electrons. The number of amides is 1. The van der Waals surface area contributed by atoms with E-state index in [0.29, 0.717) is 17.9 Å². The Morgan fingerprint density at radius 2 is 1.83 bits per heavy atom. The quantitative estimate of drug-likeness (QED) is 0.820. The van der Waals surface area contributed by atoms with Crippen molar-refractivity contribution >= 4 is 5.91 Å². The van der Waals surface area contributed by atoms with Crippen molar-refractivity contribution in [1.29, 1.82) is 0 Å². The van der Waals surface area contributed by atoms with Gasteiger partial charge in [0.15, 0.2) is 0 Å². The summed E-state index contributed by atoms with van der Waals surface area (Å²) in [5, 5.41) is 0. The summed E-state index contributed by atoms with van der Waals surface area (Å²) in [6.45, 7) is 6.63. The molecule has 18 heavy (non-hydrogen) atoms. The van der Waals surface area contributed by atoms with Gasteiger partial charge in [0.2, 0.25) is 5.91 Å². The van der Waals surface area contributed by atoms with Crippen molar-refractivity contribution in [2.24, 2.45) is 23.0 Å². The van der Waals surface area contributed by atoms with E-state index in [-0.39, 0.29) is 17.4 Å². The van der Waals surface area contributed by atoms with Gasteiger partial charge in [0.05, 0.1) is 0 Å². The van der Waals surface area contributed by atoms with Gasteiger partial charge in [-0.3, -0.25) is 4.79 Å². The molecule has 0 aromatic carbocycles. The molecule has 0 spiro atoms. The van der Waals surface area contributed by atoms with Crippen LogP contribution in [0.4, 0.5) is 0 Å². The summed E-state index contributed by atoms with van der Waals surface area (Å²) < 4.78 is 0. The fourth-order valence-corrected chi connectivity index (χ4v) is 3.49. The second-order valence-electron chi connectivity index (χ2n) is 6.94. The lowest BCUT2D eigenvalue weighted by molar-refractivity contribution is -0.145. The zero-order chi connectivity index (χ0) is 13.5. The summed E-state index contributed by atoms with van der Waals surface area (Å²) in [4.78, 5) is 14.7. The van der Waals surface area contributed by atoms with Gasteiger partial charge in [0, 0.05) is 25.0 Å². The van der Waals surface area contributed by atoms with Crippen molar-refractivity contribution in [2.75, 3.05) is 7.05 Å². The molecule has 3 nitrogen and oxygen atoms in total. The summed E-state index contributed by atoms with van der Waals surface area (Å²) in [6, 6.07) is 0.747. The summed E-state index contributed by atoms with van der Waals surface area (Å²) in [5.41, 5.74) is 6.19. The van der Waals surface area contributed by atoms with Crippen molar-refractivity contribution < 1.29 is 4.79 Å². The Bertz CT molecular complexity index is 322. The third kappa shape index (κ3) is 2.18.